The number of hydrogen-bond acceptors (Lipinski definition) is 4. The third-order valence-electron chi connectivity index (χ3n) is 6.55. The molecule has 1 aliphatic rings. The van der Waals surface area contributed by atoms with E-state index in [0.29, 0.717) is 0 Å². The lowest BCUT2D eigenvalue weighted by Gasteiger charge is -2.23. The van der Waals surface area contributed by atoms with Crippen LogP contribution in [0.2, 0.25) is 0 Å². The van der Waals surface area contributed by atoms with E-state index in [1.54, 1.807) is 19.1 Å². The van der Waals surface area contributed by atoms with Gasteiger partial charge in [0, 0.05) is 11.4 Å². The van der Waals surface area contributed by atoms with Crippen LogP contribution in [0.5, 0.6) is 11.5 Å². The first-order chi connectivity index (χ1) is 16.7. The summed E-state index contributed by atoms with van der Waals surface area (Å²) in [5.74, 6) is 1.49. The summed E-state index contributed by atoms with van der Waals surface area (Å²) in [4.78, 5) is 15.2. The van der Waals surface area contributed by atoms with Gasteiger partial charge in [-0.2, -0.15) is 0 Å². The van der Waals surface area contributed by atoms with Gasteiger partial charge < -0.3 is 14.2 Å². The minimum Gasteiger partial charge on any atom is -0.497 e. The van der Waals surface area contributed by atoms with Crippen LogP contribution in [-0.4, -0.2) is 32.3 Å². The van der Waals surface area contributed by atoms with E-state index in [4.69, 9.17) is 14.2 Å². The van der Waals surface area contributed by atoms with Gasteiger partial charge >= 0.3 is 0 Å². The number of benzene rings is 2. The Balaban J connectivity index is 1.48. The molecule has 2 aromatic rings. The first kappa shape index (κ1) is 26.1. The Bertz CT molecular complexity index is 802. The van der Waals surface area contributed by atoms with Gasteiger partial charge in [-0.05, 0) is 55.0 Å². The minimum atomic E-state index is -0.372. The molecular formula is C29H41NO4. The van der Waals surface area contributed by atoms with Crippen LogP contribution >= 0.6 is 0 Å². The number of hydrogen-bond donors (Lipinski definition) is 0. The molecule has 0 saturated carbocycles. The number of amides is 1. The fraction of sp³-hybridized carbons (Fsp3) is 0.552. The maximum Gasteiger partial charge on any atom is 0.263 e. The molecule has 0 radical (unpaired) electrons. The van der Waals surface area contributed by atoms with E-state index < -0.39 is 0 Å². The highest BCUT2D eigenvalue weighted by atomic mass is 16.6. The van der Waals surface area contributed by atoms with Crippen LogP contribution in [0.1, 0.15) is 77.6 Å². The first-order valence-corrected chi connectivity index (χ1v) is 13.0. The van der Waals surface area contributed by atoms with Crippen molar-refractivity contribution in [1.82, 2.24) is 0 Å². The van der Waals surface area contributed by atoms with Crippen molar-refractivity contribution in [3.63, 3.8) is 0 Å². The highest BCUT2D eigenvalue weighted by molar-refractivity contribution is 6.04. The molecule has 186 valence electrons. The number of unbranched alkanes of at least 4 members (excludes halogenated alkanes) is 9. The van der Waals surface area contributed by atoms with Crippen LogP contribution in [0.4, 0.5) is 11.4 Å². The Morgan fingerprint density at radius 2 is 1.18 bits per heavy atom. The van der Waals surface area contributed by atoms with Crippen molar-refractivity contribution in [2.75, 3.05) is 19.1 Å². The molecule has 1 aliphatic heterocycles. The average Bonchev–Trinajstić information content (AvgIpc) is 3.66. The zero-order valence-corrected chi connectivity index (χ0v) is 21.1. The number of epoxide rings is 1. The van der Waals surface area contributed by atoms with E-state index in [1.165, 1.54) is 57.8 Å². The lowest BCUT2D eigenvalue weighted by Crippen LogP contribution is -2.31. The molecule has 5 heteroatoms. The summed E-state index contributed by atoms with van der Waals surface area (Å²) in [6, 6.07) is 15.1. The quantitative estimate of drug-likeness (QED) is 0.190. The molecule has 0 aromatic heterocycles. The second-order valence-corrected chi connectivity index (χ2v) is 9.14. The molecule has 0 spiro atoms. The predicted molar refractivity (Wildman–Crippen MR) is 138 cm³/mol. The van der Waals surface area contributed by atoms with E-state index in [1.807, 2.05) is 48.5 Å². The number of methoxy groups -OCH3 is 2. The van der Waals surface area contributed by atoms with Gasteiger partial charge in [-0.25, -0.2) is 0 Å². The summed E-state index contributed by atoms with van der Waals surface area (Å²) in [6.07, 6.45) is 13.7. The normalized spacial score (nSPS) is 16.8. The van der Waals surface area contributed by atoms with Gasteiger partial charge in [0.15, 0.2) is 6.10 Å². The third kappa shape index (κ3) is 7.76. The molecule has 2 atom stereocenters. The number of anilines is 2. The van der Waals surface area contributed by atoms with Gasteiger partial charge in [-0.15, -0.1) is 0 Å². The van der Waals surface area contributed by atoms with Crippen LogP contribution in [0, 0.1) is 0 Å². The molecule has 0 unspecified atom stereocenters. The maximum absolute atomic E-state index is 13.4. The van der Waals surface area contributed by atoms with E-state index >= 15 is 0 Å². The Hall–Kier alpha value is -2.53. The third-order valence-corrected chi connectivity index (χ3v) is 6.55. The zero-order chi connectivity index (χ0) is 24.2. The lowest BCUT2D eigenvalue weighted by atomic mass is 10.0. The Labute approximate surface area is 205 Å². The monoisotopic (exact) mass is 467 g/mol. The Morgan fingerprint density at radius 1 is 0.735 bits per heavy atom. The smallest absolute Gasteiger partial charge is 0.263 e. The summed E-state index contributed by atoms with van der Waals surface area (Å²) >= 11 is 0. The molecule has 1 fully saturated rings. The molecule has 0 bridgehead atoms. The van der Waals surface area contributed by atoms with Gasteiger partial charge in [0.1, 0.15) is 11.5 Å². The summed E-state index contributed by atoms with van der Waals surface area (Å²) in [7, 11) is 3.27. The number of rotatable bonds is 16. The SMILES string of the molecule is CCCCCCCCCCCC[C@@H]1O[C@H]1C(=O)N(c1ccc(OC)cc1)c1ccc(OC)cc1. The number of carbonyl (C=O) groups excluding carboxylic acids is 1. The molecular weight excluding hydrogens is 426 g/mol. The summed E-state index contributed by atoms with van der Waals surface area (Å²) in [5, 5.41) is 0. The highest BCUT2D eigenvalue weighted by Gasteiger charge is 2.46. The van der Waals surface area contributed by atoms with Crippen molar-refractivity contribution in [2.24, 2.45) is 0 Å². The number of nitrogens with zero attached hydrogens (tertiary/aromatic N) is 1. The molecule has 0 N–H and O–H groups in total. The van der Waals surface area contributed by atoms with Crippen molar-refractivity contribution >= 4 is 17.3 Å². The Morgan fingerprint density at radius 3 is 1.62 bits per heavy atom. The van der Waals surface area contributed by atoms with Crippen molar-refractivity contribution < 1.29 is 19.0 Å². The summed E-state index contributed by atoms with van der Waals surface area (Å²) in [6.45, 7) is 2.26. The molecule has 5 nitrogen and oxygen atoms in total. The number of carbonyl (C=O) groups is 1. The second kappa shape index (κ2) is 14.0. The van der Waals surface area contributed by atoms with Crippen LogP contribution in [-0.2, 0) is 9.53 Å². The average molecular weight is 468 g/mol. The van der Waals surface area contributed by atoms with Gasteiger partial charge in [0.2, 0.25) is 0 Å². The van der Waals surface area contributed by atoms with Crippen molar-refractivity contribution in [3.05, 3.63) is 48.5 Å². The maximum atomic E-state index is 13.4. The van der Waals surface area contributed by atoms with E-state index in [0.717, 1.165) is 35.7 Å². The van der Waals surface area contributed by atoms with E-state index in [-0.39, 0.29) is 18.1 Å². The minimum absolute atomic E-state index is 0.0209. The standard InChI is InChI=1S/C29H41NO4/c1-4-5-6-7-8-9-10-11-12-13-14-27-28(34-27)29(31)30(23-15-19-25(32-2)20-16-23)24-17-21-26(33-3)22-18-24/h15-22,27-28H,4-14H2,1-3H3/t27-,28+/m0/s1. The van der Waals surface area contributed by atoms with Gasteiger partial charge in [0.05, 0.1) is 20.3 Å². The topological polar surface area (TPSA) is 51.3 Å². The number of ether oxygens (including phenoxy) is 3. The predicted octanol–water partition coefficient (Wildman–Crippen LogP) is 7.45. The molecule has 3 rings (SSSR count). The highest BCUT2D eigenvalue weighted by Crippen LogP contribution is 2.35. The van der Waals surface area contributed by atoms with Crippen LogP contribution < -0.4 is 14.4 Å². The largest absolute Gasteiger partial charge is 0.497 e. The van der Waals surface area contributed by atoms with E-state index in [2.05, 4.69) is 6.92 Å². The van der Waals surface area contributed by atoms with Crippen LogP contribution in [0.25, 0.3) is 0 Å². The van der Waals surface area contributed by atoms with Crippen molar-refractivity contribution in [1.29, 1.82) is 0 Å². The first-order valence-electron chi connectivity index (χ1n) is 13.0. The van der Waals surface area contributed by atoms with Gasteiger partial charge in [-0.3, -0.25) is 9.69 Å². The van der Waals surface area contributed by atoms with Crippen molar-refractivity contribution in [3.8, 4) is 11.5 Å². The summed E-state index contributed by atoms with van der Waals surface area (Å²) < 4.78 is 16.4. The van der Waals surface area contributed by atoms with Crippen LogP contribution in [0.3, 0.4) is 0 Å². The molecule has 1 saturated heterocycles. The molecule has 2 aromatic carbocycles. The lowest BCUT2D eigenvalue weighted by molar-refractivity contribution is -0.119. The molecule has 34 heavy (non-hydrogen) atoms. The second-order valence-electron chi connectivity index (χ2n) is 9.14. The van der Waals surface area contributed by atoms with Crippen LogP contribution in [0.15, 0.2) is 48.5 Å². The fourth-order valence-corrected chi connectivity index (χ4v) is 4.41. The molecule has 1 heterocycles. The summed E-state index contributed by atoms with van der Waals surface area (Å²) in [5.41, 5.74) is 1.59. The zero-order valence-electron chi connectivity index (χ0n) is 21.1. The van der Waals surface area contributed by atoms with Gasteiger partial charge in [-0.1, -0.05) is 71.1 Å². The van der Waals surface area contributed by atoms with E-state index in [9.17, 15) is 4.79 Å². The Kier molecular flexibility index (Phi) is 10.7. The molecule has 1 amide bonds. The van der Waals surface area contributed by atoms with Crippen molar-refractivity contribution in [2.45, 2.75) is 89.8 Å². The molecule has 0 aliphatic carbocycles. The fourth-order valence-electron chi connectivity index (χ4n) is 4.41. The van der Waals surface area contributed by atoms with Gasteiger partial charge in [0.25, 0.3) is 5.91 Å².